The summed E-state index contributed by atoms with van der Waals surface area (Å²) >= 11 is 0. The lowest BCUT2D eigenvalue weighted by atomic mass is 10.2. The number of carbonyl (C=O) groups excluding carboxylic acids is 1. The Kier molecular flexibility index (Phi) is 7.29. The van der Waals surface area contributed by atoms with E-state index >= 15 is 0 Å². The topological polar surface area (TPSA) is 63.9 Å². The van der Waals surface area contributed by atoms with Crippen molar-refractivity contribution in [2.24, 2.45) is 0 Å². The zero-order chi connectivity index (χ0) is 18.9. The summed E-state index contributed by atoms with van der Waals surface area (Å²) < 4.78 is 16.2. The van der Waals surface area contributed by atoms with Crippen LogP contribution in [0.1, 0.15) is 24.3 Å². The van der Waals surface area contributed by atoms with E-state index in [0.717, 1.165) is 11.3 Å². The number of hydrogen-bond acceptors (Lipinski definition) is 5. The van der Waals surface area contributed by atoms with Gasteiger partial charge in [-0.05, 0) is 56.9 Å². The lowest BCUT2D eigenvalue weighted by molar-refractivity contribution is -0.116. The van der Waals surface area contributed by atoms with E-state index in [9.17, 15) is 4.79 Å². The van der Waals surface area contributed by atoms with E-state index in [-0.39, 0.29) is 11.9 Å². The Bertz CT molecular complexity index is 723. The van der Waals surface area contributed by atoms with Gasteiger partial charge in [0.15, 0.2) is 11.5 Å². The fourth-order valence-corrected chi connectivity index (χ4v) is 2.51. The van der Waals surface area contributed by atoms with E-state index in [2.05, 4.69) is 5.32 Å². The van der Waals surface area contributed by atoms with Gasteiger partial charge in [-0.3, -0.25) is 9.69 Å². The summed E-state index contributed by atoms with van der Waals surface area (Å²) in [5.74, 6) is 1.97. The minimum absolute atomic E-state index is 0.0205. The molecule has 0 bridgehead atoms. The number of hydrogen-bond donors (Lipinski definition) is 1. The number of amides is 1. The van der Waals surface area contributed by atoms with Crippen molar-refractivity contribution in [3.8, 4) is 11.5 Å². The van der Waals surface area contributed by atoms with Crippen LogP contribution in [0.15, 0.2) is 47.1 Å². The summed E-state index contributed by atoms with van der Waals surface area (Å²) in [6.45, 7) is 2.91. The number of methoxy groups -OCH3 is 1. The molecule has 0 saturated heterocycles. The van der Waals surface area contributed by atoms with E-state index < -0.39 is 0 Å². The molecule has 6 nitrogen and oxygen atoms in total. The molecule has 1 amide bonds. The monoisotopic (exact) mass is 358 g/mol. The second-order valence-electron chi connectivity index (χ2n) is 5.92. The Morgan fingerprint density at radius 1 is 1.31 bits per heavy atom. The molecule has 0 aliphatic heterocycles. The number of nitrogens with one attached hydrogen (secondary N) is 1. The predicted octanol–water partition coefficient (Wildman–Crippen LogP) is 3.12. The third kappa shape index (κ3) is 5.39. The average Bonchev–Trinajstić information content (AvgIpc) is 3.14. The fourth-order valence-electron chi connectivity index (χ4n) is 2.51. The van der Waals surface area contributed by atoms with Crippen molar-refractivity contribution >= 4 is 12.0 Å². The maximum Gasteiger partial charge on any atom is 0.244 e. The van der Waals surface area contributed by atoms with Gasteiger partial charge in [0.1, 0.15) is 5.76 Å². The molecule has 0 aliphatic rings. The smallest absolute Gasteiger partial charge is 0.244 e. The van der Waals surface area contributed by atoms with E-state index in [1.54, 1.807) is 19.4 Å². The molecule has 1 unspecified atom stereocenters. The fraction of sp³-hybridized carbons (Fsp3) is 0.350. The van der Waals surface area contributed by atoms with Crippen LogP contribution in [0.5, 0.6) is 11.5 Å². The normalized spacial score (nSPS) is 12.3. The number of likely N-dealkylation sites (N-methyl/N-ethyl adjacent to an activating group) is 1. The van der Waals surface area contributed by atoms with Gasteiger partial charge in [0, 0.05) is 12.6 Å². The molecule has 0 radical (unpaired) electrons. The molecule has 26 heavy (non-hydrogen) atoms. The quantitative estimate of drug-likeness (QED) is 0.698. The molecule has 140 valence electrons. The highest BCUT2D eigenvalue weighted by Gasteiger charge is 2.17. The Morgan fingerprint density at radius 3 is 2.73 bits per heavy atom. The van der Waals surface area contributed by atoms with Gasteiger partial charge in [-0.15, -0.1) is 0 Å². The number of benzene rings is 1. The van der Waals surface area contributed by atoms with Crippen molar-refractivity contribution in [1.29, 1.82) is 0 Å². The van der Waals surface area contributed by atoms with Crippen LogP contribution in [0.2, 0.25) is 0 Å². The third-order valence-corrected chi connectivity index (χ3v) is 3.88. The van der Waals surface area contributed by atoms with E-state index in [1.165, 1.54) is 6.08 Å². The lowest BCUT2D eigenvalue weighted by Crippen LogP contribution is -2.33. The molecule has 0 saturated carbocycles. The number of ether oxygens (including phenoxy) is 2. The van der Waals surface area contributed by atoms with Crippen molar-refractivity contribution in [3.63, 3.8) is 0 Å². The maximum atomic E-state index is 12.1. The van der Waals surface area contributed by atoms with Crippen LogP contribution in [0.25, 0.3) is 6.08 Å². The third-order valence-electron chi connectivity index (χ3n) is 3.88. The van der Waals surface area contributed by atoms with Crippen molar-refractivity contribution in [2.75, 3.05) is 34.4 Å². The van der Waals surface area contributed by atoms with Gasteiger partial charge >= 0.3 is 0 Å². The van der Waals surface area contributed by atoms with Crippen LogP contribution >= 0.6 is 0 Å². The molecule has 0 spiro atoms. The van der Waals surface area contributed by atoms with Crippen molar-refractivity contribution in [3.05, 3.63) is 54.0 Å². The number of nitrogens with zero attached hydrogens (tertiary/aromatic N) is 1. The number of carbonyl (C=O) groups is 1. The molecule has 1 atom stereocenters. The molecular formula is C20H26N2O4. The Morgan fingerprint density at radius 2 is 2.12 bits per heavy atom. The van der Waals surface area contributed by atoms with Gasteiger partial charge < -0.3 is 19.2 Å². The van der Waals surface area contributed by atoms with Crippen molar-refractivity contribution in [1.82, 2.24) is 10.2 Å². The molecule has 0 fully saturated rings. The van der Waals surface area contributed by atoms with Crippen molar-refractivity contribution < 1.29 is 18.7 Å². The first-order chi connectivity index (χ1) is 12.5. The molecule has 1 heterocycles. The largest absolute Gasteiger partial charge is 0.493 e. The van der Waals surface area contributed by atoms with Crippen LogP contribution < -0.4 is 14.8 Å². The highest BCUT2D eigenvalue weighted by Crippen LogP contribution is 2.28. The predicted molar refractivity (Wildman–Crippen MR) is 101 cm³/mol. The zero-order valence-electron chi connectivity index (χ0n) is 15.7. The first-order valence-corrected chi connectivity index (χ1v) is 8.51. The number of furan rings is 1. The van der Waals surface area contributed by atoms with Crippen LogP contribution in [-0.2, 0) is 4.79 Å². The Hall–Kier alpha value is -2.73. The first kappa shape index (κ1) is 19.6. The second kappa shape index (κ2) is 9.68. The van der Waals surface area contributed by atoms with Crippen LogP contribution in [0.3, 0.4) is 0 Å². The molecule has 1 aromatic heterocycles. The molecule has 1 N–H and O–H groups in total. The van der Waals surface area contributed by atoms with Crippen LogP contribution in [-0.4, -0.2) is 45.2 Å². The second-order valence-corrected chi connectivity index (χ2v) is 5.92. The highest BCUT2D eigenvalue weighted by atomic mass is 16.5. The summed E-state index contributed by atoms with van der Waals surface area (Å²) in [4.78, 5) is 14.1. The average molecular weight is 358 g/mol. The zero-order valence-corrected chi connectivity index (χ0v) is 15.7. The summed E-state index contributed by atoms with van der Waals surface area (Å²) in [5.41, 5.74) is 0.861. The van der Waals surface area contributed by atoms with E-state index in [4.69, 9.17) is 13.9 Å². The molecule has 6 heteroatoms. The summed E-state index contributed by atoms with van der Waals surface area (Å²) in [6, 6.07) is 9.26. The van der Waals surface area contributed by atoms with Gasteiger partial charge in [-0.25, -0.2) is 0 Å². The van der Waals surface area contributed by atoms with E-state index in [0.29, 0.717) is 24.7 Å². The summed E-state index contributed by atoms with van der Waals surface area (Å²) in [7, 11) is 5.49. The molecule has 2 aromatic rings. The maximum absolute atomic E-state index is 12.1. The van der Waals surface area contributed by atoms with Gasteiger partial charge in [0.2, 0.25) is 5.91 Å². The highest BCUT2D eigenvalue weighted by molar-refractivity contribution is 5.91. The Balaban J connectivity index is 1.97. The Labute approximate surface area is 154 Å². The van der Waals surface area contributed by atoms with Gasteiger partial charge in [0.25, 0.3) is 0 Å². The van der Waals surface area contributed by atoms with Crippen LogP contribution in [0, 0.1) is 0 Å². The van der Waals surface area contributed by atoms with Gasteiger partial charge in [-0.2, -0.15) is 0 Å². The number of rotatable bonds is 9. The van der Waals surface area contributed by atoms with Gasteiger partial charge in [0.05, 0.1) is 26.0 Å². The lowest BCUT2D eigenvalue weighted by Gasteiger charge is -2.22. The molecule has 0 aliphatic carbocycles. The van der Waals surface area contributed by atoms with E-state index in [1.807, 2.05) is 56.3 Å². The SMILES string of the molecule is CCOc1cc(/C=C/C(=O)NCC(c2ccco2)N(C)C)ccc1OC. The summed E-state index contributed by atoms with van der Waals surface area (Å²) in [6.07, 6.45) is 4.88. The first-order valence-electron chi connectivity index (χ1n) is 8.51. The molecular weight excluding hydrogens is 332 g/mol. The van der Waals surface area contributed by atoms with Crippen LogP contribution in [0.4, 0.5) is 0 Å². The molecule has 2 rings (SSSR count). The van der Waals surface area contributed by atoms with Gasteiger partial charge in [-0.1, -0.05) is 6.07 Å². The molecule has 1 aromatic carbocycles. The standard InChI is InChI=1S/C20H26N2O4/c1-5-25-19-13-15(8-10-18(19)24-4)9-11-20(23)21-14-16(22(2)3)17-7-6-12-26-17/h6-13,16H,5,14H2,1-4H3,(H,21,23)/b11-9+. The minimum atomic E-state index is -0.169. The summed E-state index contributed by atoms with van der Waals surface area (Å²) in [5, 5.41) is 2.90. The minimum Gasteiger partial charge on any atom is -0.493 e. The van der Waals surface area contributed by atoms with Crippen molar-refractivity contribution in [2.45, 2.75) is 13.0 Å².